The van der Waals surface area contributed by atoms with Crippen molar-refractivity contribution in [3.63, 3.8) is 0 Å². The molecule has 0 aliphatic rings. The fourth-order valence-corrected chi connectivity index (χ4v) is 1.82. The number of benzene rings is 1. The quantitative estimate of drug-likeness (QED) is 0.812. The van der Waals surface area contributed by atoms with Gasteiger partial charge in [-0.15, -0.1) is 5.10 Å². The van der Waals surface area contributed by atoms with Crippen molar-refractivity contribution in [2.24, 2.45) is 5.73 Å². The highest BCUT2D eigenvalue weighted by Gasteiger charge is 2.07. The highest BCUT2D eigenvalue weighted by molar-refractivity contribution is 5.18. The Morgan fingerprint density at radius 2 is 2.05 bits per heavy atom. The van der Waals surface area contributed by atoms with E-state index < -0.39 is 11.6 Å². The van der Waals surface area contributed by atoms with Crippen LogP contribution in [0, 0.1) is 11.6 Å². The van der Waals surface area contributed by atoms with Crippen molar-refractivity contribution >= 4 is 0 Å². The van der Waals surface area contributed by atoms with Crippen LogP contribution in [0.2, 0.25) is 0 Å². The SMILES string of the molecule is NCCCCc1cn(Cc2cc(F)ccc2F)nn1. The Morgan fingerprint density at radius 1 is 1.21 bits per heavy atom. The van der Waals surface area contributed by atoms with E-state index in [1.165, 1.54) is 10.7 Å². The molecule has 1 aromatic heterocycles. The summed E-state index contributed by atoms with van der Waals surface area (Å²) in [5.74, 6) is -0.902. The highest BCUT2D eigenvalue weighted by atomic mass is 19.1. The van der Waals surface area contributed by atoms with Crippen molar-refractivity contribution in [3.8, 4) is 0 Å². The van der Waals surface area contributed by atoms with Gasteiger partial charge in [0.1, 0.15) is 11.6 Å². The van der Waals surface area contributed by atoms with Gasteiger partial charge in [-0.2, -0.15) is 0 Å². The zero-order valence-electron chi connectivity index (χ0n) is 10.5. The van der Waals surface area contributed by atoms with Crippen molar-refractivity contribution in [3.05, 3.63) is 47.3 Å². The van der Waals surface area contributed by atoms with Gasteiger partial charge in [-0.05, 0) is 44.0 Å². The number of aromatic nitrogens is 3. The molecule has 0 amide bonds. The van der Waals surface area contributed by atoms with Crippen LogP contribution < -0.4 is 5.73 Å². The fourth-order valence-electron chi connectivity index (χ4n) is 1.82. The van der Waals surface area contributed by atoms with Gasteiger partial charge in [0.15, 0.2) is 0 Å². The predicted octanol–water partition coefficient (Wildman–Crippen LogP) is 1.89. The van der Waals surface area contributed by atoms with Gasteiger partial charge in [0.2, 0.25) is 0 Å². The van der Waals surface area contributed by atoms with Crippen LogP contribution in [0.1, 0.15) is 24.1 Å². The first kappa shape index (κ1) is 13.6. The molecule has 0 saturated heterocycles. The van der Waals surface area contributed by atoms with Crippen molar-refractivity contribution in [1.29, 1.82) is 0 Å². The summed E-state index contributed by atoms with van der Waals surface area (Å²) >= 11 is 0. The molecule has 2 rings (SSSR count). The molecule has 0 atom stereocenters. The second kappa shape index (κ2) is 6.38. The predicted molar refractivity (Wildman–Crippen MR) is 67.5 cm³/mol. The van der Waals surface area contributed by atoms with Crippen molar-refractivity contribution in [2.45, 2.75) is 25.8 Å². The van der Waals surface area contributed by atoms with E-state index in [2.05, 4.69) is 10.3 Å². The van der Waals surface area contributed by atoms with E-state index in [0.717, 1.165) is 37.1 Å². The average Bonchev–Trinajstić information content (AvgIpc) is 2.82. The molecule has 102 valence electrons. The lowest BCUT2D eigenvalue weighted by atomic mass is 10.2. The summed E-state index contributed by atoms with van der Waals surface area (Å²) in [6.45, 7) is 0.829. The summed E-state index contributed by atoms with van der Waals surface area (Å²) in [6, 6.07) is 3.38. The third kappa shape index (κ3) is 3.82. The molecule has 6 heteroatoms. The molecule has 0 fully saturated rings. The molecule has 0 aliphatic carbocycles. The maximum Gasteiger partial charge on any atom is 0.128 e. The van der Waals surface area contributed by atoms with E-state index in [-0.39, 0.29) is 12.1 Å². The number of unbranched alkanes of at least 4 members (excludes halogenated alkanes) is 1. The fraction of sp³-hybridized carbons (Fsp3) is 0.385. The normalized spacial score (nSPS) is 10.9. The summed E-state index contributed by atoms with van der Waals surface area (Å²) in [5.41, 5.74) is 6.51. The van der Waals surface area contributed by atoms with E-state index in [0.29, 0.717) is 6.54 Å². The van der Waals surface area contributed by atoms with Crippen LogP contribution in [0.3, 0.4) is 0 Å². The Hall–Kier alpha value is -1.82. The second-order valence-corrected chi connectivity index (χ2v) is 4.39. The van der Waals surface area contributed by atoms with E-state index >= 15 is 0 Å². The molecule has 2 N–H and O–H groups in total. The van der Waals surface area contributed by atoms with Gasteiger partial charge < -0.3 is 5.73 Å². The first-order valence-electron chi connectivity index (χ1n) is 6.22. The van der Waals surface area contributed by atoms with Gasteiger partial charge in [-0.3, -0.25) is 0 Å². The number of nitrogens with two attached hydrogens (primary N) is 1. The molecule has 4 nitrogen and oxygen atoms in total. The van der Waals surface area contributed by atoms with E-state index in [9.17, 15) is 8.78 Å². The third-order valence-electron chi connectivity index (χ3n) is 2.81. The van der Waals surface area contributed by atoms with Crippen LogP contribution in [0.25, 0.3) is 0 Å². The van der Waals surface area contributed by atoms with Crippen molar-refractivity contribution in [2.75, 3.05) is 6.54 Å². The zero-order chi connectivity index (χ0) is 13.7. The van der Waals surface area contributed by atoms with Gasteiger partial charge in [0.05, 0.1) is 12.2 Å². The molecule has 0 radical (unpaired) electrons. The second-order valence-electron chi connectivity index (χ2n) is 4.39. The van der Waals surface area contributed by atoms with Gasteiger partial charge in [-0.1, -0.05) is 5.21 Å². The number of aryl methyl sites for hydroxylation is 1. The number of halogens is 2. The number of hydrogen-bond donors (Lipinski definition) is 1. The van der Waals surface area contributed by atoms with Crippen LogP contribution in [-0.2, 0) is 13.0 Å². The lowest BCUT2D eigenvalue weighted by Crippen LogP contribution is -2.03. The summed E-state index contributed by atoms with van der Waals surface area (Å²) in [6.07, 6.45) is 4.43. The van der Waals surface area contributed by atoms with Gasteiger partial charge in [0.25, 0.3) is 0 Å². The van der Waals surface area contributed by atoms with E-state index in [4.69, 9.17) is 5.73 Å². The first-order valence-corrected chi connectivity index (χ1v) is 6.22. The molecule has 0 bridgehead atoms. The van der Waals surface area contributed by atoms with E-state index in [1.54, 1.807) is 6.20 Å². The molecule has 0 aliphatic heterocycles. The maximum absolute atomic E-state index is 13.5. The first-order chi connectivity index (χ1) is 9.19. The molecular weight excluding hydrogens is 250 g/mol. The Labute approximate surface area is 110 Å². The van der Waals surface area contributed by atoms with Crippen molar-refractivity contribution < 1.29 is 8.78 Å². The Morgan fingerprint density at radius 3 is 2.84 bits per heavy atom. The van der Waals surface area contributed by atoms with Crippen LogP contribution in [0.15, 0.2) is 24.4 Å². The van der Waals surface area contributed by atoms with Gasteiger partial charge in [-0.25, -0.2) is 13.5 Å². The van der Waals surface area contributed by atoms with Gasteiger partial charge in [0, 0.05) is 11.8 Å². The third-order valence-corrected chi connectivity index (χ3v) is 2.81. The minimum absolute atomic E-state index is 0.174. The lowest BCUT2D eigenvalue weighted by Gasteiger charge is -2.02. The molecule has 2 aromatic rings. The number of nitrogens with zero attached hydrogens (tertiary/aromatic N) is 3. The van der Waals surface area contributed by atoms with Crippen LogP contribution in [-0.4, -0.2) is 21.5 Å². The minimum Gasteiger partial charge on any atom is -0.330 e. The molecule has 0 unspecified atom stereocenters. The molecule has 1 aromatic carbocycles. The Balaban J connectivity index is 2.01. The smallest absolute Gasteiger partial charge is 0.128 e. The summed E-state index contributed by atoms with van der Waals surface area (Å²) in [7, 11) is 0. The molecule has 0 spiro atoms. The summed E-state index contributed by atoms with van der Waals surface area (Å²) in [4.78, 5) is 0. The Kier molecular flexibility index (Phi) is 4.57. The van der Waals surface area contributed by atoms with Gasteiger partial charge >= 0.3 is 0 Å². The largest absolute Gasteiger partial charge is 0.330 e. The maximum atomic E-state index is 13.5. The summed E-state index contributed by atoms with van der Waals surface area (Å²) in [5, 5.41) is 7.90. The van der Waals surface area contributed by atoms with Crippen LogP contribution in [0.4, 0.5) is 8.78 Å². The number of rotatable bonds is 6. The standard InChI is InChI=1S/C13H16F2N4/c14-11-4-5-13(15)10(7-11)8-19-9-12(17-18-19)3-1-2-6-16/h4-5,7,9H,1-3,6,8,16H2. The van der Waals surface area contributed by atoms with E-state index in [1.807, 2.05) is 0 Å². The minimum atomic E-state index is -0.459. The van der Waals surface area contributed by atoms with Crippen LogP contribution >= 0.6 is 0 Å². The number of hydrogen-bond acceptors (Lipinski definition) is 3. The van der Waals surface area contributed by atoms with Crippen LogP contribution in [0.5, 0.6) is 0 Å². The molecule has 1 heterocycles. The molecule has 0 saturated carbocycles. The Bertz CT molecular complexity index is 539. The van der Waals surface area contributed by atoms with Crippen molar-refractivity contribution in [1.82, 2.24) is 15.0 Å². The monoisotopic (exact) mass is 266 g/mol. The zero-order valence-corrected chi connectivity index (χ0v) is 10.5. The lowest BCUT2D eigenvalue weighted by molar-refractivity contribution is 0.560. The topological polar surface area (TPSA) is 56.7 Å². The summed E-state index contributed by atoms with van der Waals surface area (Å²) < 4.78 is 28.0. The highest BCUT2D eigenvalue weighted by Crippen LogP contribution is 2.11. The molecular formula is C13H16F2N4. The molecule has 19 heavy (non-hydrogen) atoms. The average molecular weight is 266 g/mol.